The molecule has 1 heterocycles. The first-order chi connectivity index (χ1) is 10.2. The highest BCUT2D eigenvalue weighted by Crippen LogP contribution is 2.29. The molecular formula is C17H15N3O. The van der Waals surface area contributed by atoms with Gasteiger partial charge < -0.3 is 10.6 Å². The van der Waals surface area contributed by atoms with Gasteiger partial charge in [-0.2, -0.15) is 0 Å². The van der Waals surface area contributed by atoms with Crippen LogP contribution in [0.15, 0.2) is 42.5 Å². The van der Waals surface area contributed by atoms with Gasteiger partial charge in [0.05, 0.1) is 6.57 Å². The van der Waals surface area contributed by atoms with Gasteiger partial charge in [0.25, 0.3) is 5.91 Å². The maximum absolute atomic E-state index is 12.7. The number of nitrogens with zero attached hydrogens (tertiary/aromatic N) is 2. The molecule has 3 rings (SSSR count). The molecule has 0 unspecified atom stereocenters. The zero-order chi connectivity index (χ0) is 14.8. The monoisotopic (exact) mass is 277 g/mol. The van der Waals surface area contributed by atoms with Gasteiger partial charge in [-0.25, -0.2) is 4.85 Å². The number of fused-ring (bicyclic) bond motifs is 1. The van der Waals surface area contributed by atoms with Gasteiger partial charge in [0.15, 0.2) is 0 Å². The Hall–Kier alpha value is -2.80. The normalized spacial score (nSPS) is 13.4. The number of aryl methyl sites for hydroxylation is 1. The van der Waals surface area contributed by atoms with Crippen molar-refractivity contribution in [2.75, 3.05) is 17.2 Å². The zero-order valence-corrected chi connectivity index (χ0v) is 11.5. The summed E-state index contributed by atoms with van der Waals surface area (Å²) < 4.78 is 0. The summed E-state index contributed by atoms with van der Waals surface area (Å²) in [5.74, 6) is -0.0645. The van der Waals surface area contributed by atoms with Crippen molar-refractivity contribution >= 4 is 23.0 Å². The van der Waals surface area contributed by atoms with Crippen LogP contribution in [0.2, 0.25) is 0 Å². The summed E-state index contributed by atoms with van der Waals surface area (Å²) in [6, 6.07) is 12.8. The number of anilines is 2. The molecule has 21 heavy (non-hydrogen) atoms. The molecule has 0 fully saturated rings. The van der Waals surface area contributed by atoms with Crippen molar-refractivity contribution in [3.05, 3.63) is 65.0 Å². The smallest absolute Gasteiger partial charge is 0.258 e. The van der Waals surface area contributed by atoms with E-state index in [9.17, 15) is 4.79 Å². The third kappa shape index (κ3) is 2.34. The number of carbonyl (C=O) groups excluding carboxylic acids is 1. The van der Waals surface area contributed by atoms with Crippen molar-refractivity contribution in [3.8, 4) is 0 Å². The number of para-hydroxylation sites is 1. The summed E-state index contributed by atoms with van der Waals surface area (Å²) in [5, 5.41) is 0. The molecule has 104 valence electrons. The molecular weight excluding hydrogens is 262 g/mol. The number of nitrogen functional groups attached to an aromatic ring is 1. The molecule has 2 N–H and O–H groups in total. The molecule has 1 aliphatic heterocycles. The topological polar surface area (TPSA) is 50.7 Å². The number of rotatable bonds is 1. The first-order valence-electron chi connectivity index (χ1n) is 6.87. The zero-order valence-electron chi connectivity index (χ0n) is 11.5. The molecule has 0 bridgehead atoms. The minimum absolute atomic E-state index is 0.0645. The molecule has 0 spiro atoms. The number of amides is 1. The van der Waals surface area contributed by atoms with E-state index >= 15 is 0 Å². The minimum atomic E-state index is -0.0645. The lowest BCUT2D eigenvalue weighted by Gasteiger charge is -2.29. The highest BCUT2D eigenvalue weighted by molar-refractivity contribution is 6.07. The fourth-order valence-electron chi connectivity index (χ4n) is 2.69. The van der Waals surface area contributed by atoms with E-state index in [1.54, 1.807) is 23.1 Å². The van der Waals surface area contributed by atoms with E-state index in [1.165, 1.54) is 5.56 Å². The minimum Gasteiger partial charge on any atom is -0.407 e. The van der Waals surface area contributed by atoms with Gasteiger partial charge in [-0.1, -0.05) is 30.3 Å². The van der Waals surface area contributed by atoms with E-state index in [2.05, 4.69) is 10.9 Å². The van der Waals surface area contributed by atoms with Gasteiger partial charge in [-0.3, -0.25) is 4.79 Å². The fourth-order valence-corrected chi connectivity index (χ4v) is 2.69. The molecule has 0 radical (unpaired) electrons. The van der Waals surface area contributed by atoms with Gasteiger partial charge in [-0.05, 0) is 30.5 Å². The summed E-state index contributed by atoms with van der Waals surface area (Å²) in [6.07, 6.45) is 1.96. The standard InChI is InChI=1S/C17H15N3O/c1-19-15-9-8-13(11-14(15)18)17(21)20-10-4-6-12-5-2-3-7-16(12)20/h2-3,5,7-9,11H,4,6,10,18H2. The number of nitrogens with two attached hydrogens (primary N) is 1. The molecule has 0 saturated heterocycles. The van der Waals surface area contributed by atoms with Gasteiger partial charge in [-0.15, -0.1) is 0 Å². The van der Waals surface area contributed by atoms with E-state index in [0.29, 0.717) is 23.5 Å². The van der Waals surface area contributed by atoms with Crippen LogP contribution in [-0.2, 0) is 6.42 Å². The molecule has 1 amide bonds. The maximum atomic E-state index is 12.7. The molecule has 1 aliphatic rings. The Bertz CT molecular complexity index is 746. The lowest BCUT2D eigenvalue weighted by molar-refractivity contribution is 0.0985. The van der Waals surface area contributed by atoms with Crippen LogP contribution >= 0.6 is 0 Å². The number of carbonyl (C=O) groups is 1. The lowest BCUT2D eigenvalue weighted by Crippen LogP contribution is -2.35. The van der Waals surface area contributed by atoms with E-state index < -0.39 is 0 Å². The average molecular weight is 277 g/mol. The first kappa shape index (κ1) is 13.2. The van der Waals surface area contributed by atoms with Crippen LogP contribution in [0.25, 0.3) is 4.85 Å². The molecule has 0 saturated carbocycles. The Morgan fingerprint density at radius 2 is 2.05 bits per heavy atom. The third-order valence-corrected chi connectivity index (χ3v) is 3.75. The van der Waals surface area contributed by atoms with Gasteiger partial charge in [0.2, 0.25) is 5.69 Å². The molecule has 0 aliphatic carbocycles. The van der Waals surface area contributed by atoms with Crippen LogP contribution in [0.3, 0.4) is 0 Å². The second-order valence-electron chi connectivity index (χ2n) is 5.07. The predicted molar refractivity (Wildman–Crippen MR) is 83.6 cm³/mol. The largest absolute Gasteiger partial charge is 0.407 e. The van der Waals surface area contributed by atoms with E-state index in [4.69, 9.17) is 12.3 Å². The Labute approximate surface area is 123 Å². The molecule has 4 heteroatoms. The highest BCUT2D eigenvalue weighted by Gasteiger charge is 2.23. The molecule has 2 aromatic carbocycles. The van der Waals surface area contributed by atoms with Crippen molar-refractivity contribution in [1.82, 2.24) is 0 Å². The number of benzene rings is 2. The first-order valence-corrected chi connectivity index (χ1v) is 6.87. The van der Waals surface area contributed by atoms with Crippen molar-refractivity contribution in [2.45, 2.75) is 12.8 Å². The Morgan fingerprint density at radius 1 is 1.24 bits per heavy atom. The SMILES string of the molecule is [C-]#[N+]c1ccc(C(=O)N2CCCc3ccccc32)cc1N. The summed E-state index contributed by atoms with van der Waals surface area (Å²) in [5.41, 5.74) is 9.23. The quantitative estimate of drug-likeness (QED) is 0.641. The second kappa shape index (κ2) is 5.29. The highest BCUT2D eigenvalue weighted by atomic mass is 16.2. The average Bonchev–Trinajstić information content (AvgIpc) is 2.53. The fraction of sp³-hybridized carbons (Fsp3) is 0.176. The maximum Gasteiger partial charge on any atom is 0.258 e. The van der Waals surface area contributed by atoms with Crippen LogP contribution < -0.4 is 10.6 Å². The van der Waals surface area contributed by atoms with Crippen molar-refractivity contribution < 1.29 is 4.79 Å². The lowest BCUT2D eigenvalue weighted by atomic mass is 10.0. The molecule has 0 aromatic heterocycles. The van der Waals surface area contributed by atoms with Crippen LogP contribution in [0.4, 0.5) is 17.1 Å². The van der Waals surface area contributed by atoms with Gasteiger partial charge >= 0.3 is 0 Å². The summed E-state index contributed by atoms with van der Waals surface area (Å²) in [7, 11) is 0. The van der Waals surface area contributed by atoms with E-state index in [1.807, 2.05) is 18.2 Å². The predicted octanol–water partition coefficient (Wildman–Crippen LogP) is 3.41. The van der Waals surface area contributed by atoms with Crippen molar-refractivity contribution in [2.24, 2.45) is 0 Å². The summed E-state index contributed by atoms with van der Waals surface area (Å²) in [6.45, 7) is 7.71. The Balaban J connectivity index is 1.97. The van der Waals surface area contributed by atoms with Gasteiger partial charge in [0, 0.05) is 23.5 Å². The molecule has 0 atom stereocenters. The Morgan fingerprint density at radius 3 is 2.81 bits per heavy atom. The van der Waals surface area contributed by atoms with E-state index in [-0.39, 0.29) is 5.91 Å². The Kier molecular flexibility index (Phi) is 3.33. The third-order valence-electron chi connectivity index (χ3n) is 3.75. The second-order valence-corrected chi connectivity index (χ2v) is 5.07. The van der Waals surface area contributed by atoms with Crippen LogP contribution in [0, 0.1) is 6.57 Å². The summed E-state index contributed by atoms with van der Waals surface area (Å²) >= 11 is 0. The molecule has 2 aromatic rings. The molecule has 4 nitrogen and oxygen atoms in total. The van der Waals surface area contributed by atoms with Crippen LogP contribution in [0.1, 0.15) is 22.3 Å². The van der Waals surface area contributed by atoms with Crippen molar-refractivity contribution in [3.63, 3.8) is 0 Å². The van der Waals surface area contributed by atoms with Crippen LogP contribution in [-0.4, -0.2) is 12.5 Å². The van der Waals surface area contributed by atoms with E-state index in [0.717, 1.165) is 18.5 Å². The number of hydrogen-bond acceptors (Lipinski definition) is 2. The summed E-state index contributed by atoms with van der Waals surface area (Å²) in [4.78, 5) is 17.8. The van der Waals surface area contributed by atoms with Crippen molar-refractivity contribution in [1.29, 1.82) is 0 Å². The van der Waals surface area contributed by atoms with Gasteiger partial charge in [0.1, 0.15) is 0 Å². The van der Waals surface area contributed by atoms with Crippen LogP contribution in [0.5, 0.6) is 0 Å². The number of hydrogen-bond donors (Lipinski definition) is 1.